The summed E-state index contributed by atoms with van der Waals surface area (Å²) in [6, 6.07) is 11.9. The minimum absolute atomic E-state index is 0.350. The fourth-order valence-corrected chi connectivity index (χ4v) is 3.20. The van der Waals surface area contributed by atoms with Crippen LogP contribution in [0.1, 0.15) is 5.56 Å². The Balaban J connectivity index is 1.87. The normalized spacial score (nSPS) is 12.5. The standard InChI is InChI=1S/C18H19FN4O2S/c1-25-16-9-13(19)6-7-15(16)17-20-11-21-18(23-17)22-14-5-3-4-12(8-14)10-26(2)24/h3-9,11,24,26H,10H2,1-2H3,(H,20,21,22,23). The lowest BCUT2D eigenvalue weighted by molar-refractivity contribution is 0.412. The van der Waals surface area contributed by atoms with Gasteiger partial charge in [0.1, 0.15) is 17.9 Å². The summed E-state index contributed by atoms with van der Waals surface area (Å²) in [4.78, 5) is 12.7. The predicted octanol–water partition coefficient (Wildman–Crippen LogP) is 4.03. The lowest BCUT2D eigenvalue weighted by Gasteiger charge is -2.11. The van der Waals surface area contributed by atoms with Gasteiger partial charge in [-0.05, 0) is 36.1 Å². The van der Waals surface area contributed by atoms with E-state index in [2.05, 4.69) is 20.3 Å². The molecule has 0 aliphatic heterocycles. The van der Waals surface area contributed by atoms with Gasteiger partial charge in [-0.15, -0.1) is 11.2 Å². The van der Waals surface area contributed by atoms with Crippen LogP contribution in [0.5, 0.6) is 5.75 Å². The number of rotatable bonds is 6. The molecule has 0 radical (unpaired) electrons. The molecule has 3 aromatic rings. The van der Waals surface area contributed by atoms with Gasteiger partial charge in [-0.3, -0.25) is 0 Å². The summed E-state index contributed by atoms with van der Waals surface area (Å²) in [6.45, 7) is 0. The average Bonchev–Trinajstić information content (AvgIpc) is 2.61. The summed E-state index contributed by atoms with van der Waals surface area (Å²) in [6.07, 6.45) is 3.19. The van der Waals surface area contributed by atoms with Crippen molar-refractivity contribution in [1.82, 2.24) is 15.0 Å². The molecule has 0 aliphatic rings. The molecule has 0 aliphatic carbocycles. The van der Waals surface area contributed by atoms with Gasteiger partial charge in [-0.2, -0.15) is 4.98 Å². The van der Waals surface area contributed by atoms with Gasteiger partial charge in [0, 0.05) is 17.5 Å². The molecule has 136 valence electrons. The molecule has 0 amide bonds. The lowest BCUT2D eigenvalue weighted by Crippen LogP contribution is -2.01. The zero-order valence-electron chi connectivity index (χ0n) is 14.3. The van der Waals surface area contributed by atoms with Crippen LogP contribution < -0.4 is 10.1 Å². The molecule has 0 saturated carbocycles. The number of aromatic nitrogens is 3. The number of ether oxygens (including phenoxy) is 1. The van der Waals surface area contributed by atoms with Crippen molar-refractivity contribution in [3.63, 3.8) is 0 Å². The zero-order chi connectivity index (χ0) is 18.5. The quantitative estimate of drug-likeness (QED) is 0.565. The Morgan fingerprint density at radius 2 is 2.04 bits per heavy atom. The van der Waals surface area contributed by atoms with Crippen LogP contribution in [0.25, 0.3) is 11.4 Å². The molecule has 1 unspecified atom stereocenters. The topological polar surface area (TPSA) is 80.2 Å². The van der Waals surface area contributed by atoms with Crippen molar-refractivity contribution in [2.75, 3.05) is 18.7 Å². The van der Waals surface area contributed by atoms with E-state index < -0.39 is 17.0 Å². The third-order valence-electron chi connectivity index (χ3n) is 3.57. The maximum atomic E-state index is 13.4. The molecule has 0 saturated heterocycles. The Bertz CT molecular complexity index is 908. The molecule has 8 heteroatoms. The van der Waals surface area contributed by atoms with E-state index in [9.17, 15) is 8.94 Å². The number of halogens is 1. The second-order valence-electron chi connectivity index (χ2n) is 5.62. The fourth-order valence-electron chi connectivity index (χ4n) is 2.48. The maximum absolute atomic E-state index is 13.4. The number of methoxy groups -OCH3 is 1. The third kappa shape index (κ3) is 4.47. The smallest absolute Gasteiger partial charge is 0.230 e. The fraction of sp³-hybridized carbons (Fsp3) is 0.167. The molecular weight excluding hydrogens is 355 g/mol. The van der Waals surface area contributed by atoms with Gasteiger partial charge in [0.15, 0.2) is 5.82 Å². The van der Waals surface area contributed by atoms with Gasteiger partial charge >= 0.3 is 0 Å². The highest BCUT2D eigenvalue weighted by Gasteiger charge is 2.11. The average molecular weight is 374 g/mol. The lowest BCUT2D eigenvalue weighted by atomic mass is 10.2. The van der Waals surface area contributed by atoms with Crippen molar-refractivity contribution in [3.05, 3.63) is 60.2 Å². The Labute approximate surface area is 153 Å². The zero-order valence-corrected chi connectivity index (χ0v) is 15.2. The number of hydrogen-bond donors (Lipinski definition) is 3. The van der Waals surface area contributed by atoms with Crippen LogP contribution >= 0.6 is 11.2 Å². The SMILES string of the molecule is COc1cc(F)ccc1-c1ncnc(Nc2cccc(C[SH](C)O)c2)n1. The molecule has 0 bridgehead atoms. The Morgan fingerprint density at radius 1 is 1.19 bits per heavy atom. The van der Waals surface area contributed by atoms with Gasteiger partial charge in [-0.1, -0.05) is 12.1 Å². The summed E-state index contributed by atoms with van der Waals surface area (Å²) in [5.74, 6) is 1.32. The van der Waals surface area contributed by atoms with Gasteiger partial charge in [0.25, 0.3) is 0 Å². The third-order valence-corrected chi connectivity index (χ3v) is 4.39. The van der Waals surface area contributed by atoms with E-state index in [4.69, 9.17) is 4.74 Å². The van der Waals surface area contributed by atoms with Crippen molar-refractivity contribution in [2.24, 2.45) is 0 Å². The first-order valence-corrected chi connectivity index (χ1v) is 9.77. The van der Waals surface area contributed by atoms with Crippen molar-refractivity contribution in [2.45, 2.75) is 5.75 Å². The molecule has 0 fully saturated rings. The number of anilines is 2. The highest BCUT2D eigenvalue weighted by molar-refractivity contribution is 8.10. The Morgan fingerprint density at radius 3 is 2.81 bits per heavy atom. The largest absolute Gasteiger partial charge is 0.496 e. The van der Waals surface area contributed by atoms with Crippen molar-refractivity contribution >= 4 is 22.8 Å². The van der Waals surface area contributed by atoms with Crippen LogP contribution in [-0.2, 0) is 5.75 Å². The molecule has 1 atom stereocenters. The molecule has 2 aromatic carbocycles. The predicted molar refractivity (Wildman–Crippen MR) is 103 cm³/mol. The van der Waals surface area contributed by atoms with Gasteiger partial charge < -0.3 is 14.6 Å². The summed E-state index contributed by atoms with van der Waals surface area (Å²) < 4.78 is 28.2. The van der Waals surface area contributed by atoms with Gasteiger partial charge in [0.05, 0.1) is 12.7 Å². The molecule has 2 N–H and O–H groups in total. The van der Waals surface area contributed by atoms with Crippen molar-refractivity contribution in [3.8, 4) is 17.1 Å². The van der Waals surface area contributed by atoms with Crippen LogP contribution in [0.2, 0.25) is 0 Å². The van der Waals surface area contributed by atoms with Crippen LogP contribution in [-0.4, -0.2) is 32.9 Å². The first kappa shape index (κ1) is 18.1. The Hall–Kier alpha value is -2.71. The monoisotopic (exact) mass is 374 g/mol. The molecule has 26 heavy (non-hydrogen) atoms. The first-order chi connectivity index (χ1) is 12.5. The molecule has 0 spiro atoms. The highest BCUT2D eigenvalue weighted by atomic mass is 32.2. The van der Waals surface area contributed by atoms with Crippen LogP contribution in [0.3, 0.4) is 0 Å². The molecular formula is C18H19FN4O2S. The van der Waals surface area contributed by atoms with Crippen LogP contribution in [0, 0.1) is 5.82 Å². The van der Waals surface area contributed by atoms with E-state index in [1.165, 1.54) is 25.6 Å². The van der Waals surface area contributed by atoms with Crippen LogP contribution in [0.15, 0.2) is 48.8 Å². The van der Waals surface area contributed by atoms with E-state index in [-0.39, 0.29) is 0 Å². The number of thiol groups is 1. The summed E-state index contributed by atoms with van der Waals surface area (Å²) in [7, 11) is 1.47. The van der Waals surface area contributed by atoms with E-state index in [0.717, 1.165) is 11.3 Å². The Kier molecular flexibility index (Phi) is 5.65. The second kappa shape index (κ2) is 8.11. The molecule has 1 heterocycles. The first-order valence-electron chi connectivity index (χ1n) is 7.84. The summed E-state index contributed by atoms with van der Waals surface area (Å²) >= 11 is -1.01. The van der Waals surface area contributed by atoms with E-state index in [1.807, 2.05) is 30.5 Å². The number of hydrogen-bond acceptors (Lipinski definition) is 6. The molecule has 1 aromatic heterocycles. The highest BCUT2D eigenvalue weighted by Crippen LogP contribution is 2.29. The van der Waals surface area contributed by atoms with Gasteiger partial charge in [-0.25, -0.2) is 14.4 Å². The number of nitrogens with one attached hydrogen (secondary N) is 1. The summed E-state index contributed by atoms with van der Waals surface area (Å²) in [5.41, 5.74) is 2.41. The molecule has 3 rings (SSSR count). The maximum Gasteiger partial charge on any atom is 0.230 e. The minimum Gasteiger partial charge on any atom is -0.496 e. The second-order valence-corrected chi connectivity index (χ2v) is 7.25. The number of benzene rings is 2. The van der Waals surface area contributed by atoms with Gasteiger partial charge in [0.2, 0.25) is 5.95 Å². The number of nitrogens with zero attached hydrogens (tertiary/aromatic N) is 3. The van der Waals surface area contributed by atoms with Crippen molar-refractivity contribution < 1.29 is 13.7 Å². The van der Waals surface area contributed by atoms with E-state index >= 15 is 0 Å². The van der Waals surface area contributed by atoms with Crippen molar-refractivity contribution in [1.29, 1.82) is 0 Å². The van der Waals surface area contributed by atoms with E-state index in [1.54, 1.807) is 6.07 Å². The summed E-state index contributed by atoms with van der Waals surface area (Å²) in [5, 5.41) is 3.13. The van der Waals surface area contributed by atoms with Crippen LogP contribution in [0.4, 0.5) is 16.0 Å². The molecule has 6 nitrogen and oxygen atoms in total. The minimum atomic E-state index is -1.01. The van der Waals surface area contributed by atoms with E-state index in [0.29, 0.717) is 28.8 Å².